The third-order valence-corrected chi connectivity index (χ3v) is 4.23. The zero-order valence-corrected chi connectivity index (χ0v) is 11.5. The fourth-order valence-electron chi connectivity index (χ4n) is 2.13. The Labute approximate surface area is 103 Å². The first-order chi connectivity index (χ1) is 7.07. The van der Waals surface area contributed by atoms with E-state index in [0.717, 1.165) is 18.2 Å². The summed E-state index contributed by atoms with van der Waals surface area (Å²) in [5.74, 6) is 0. The van der Waals surface area contributed by atoms with Crippen molar-refractivity contribution in [3.63, 3.8) is 0 Å². The van der Waals surface area contributed by atoms with Gasteiger partial charge in [-0.2, -0.15) is 4.37 Å². The summed E-state index contributed by atoms with van der Waals surface area (Å²) >= 11 is 5.24. The molecule has 1 fully saturated rings. The summed E-state index contributed by atoms with van der Waals surface area (Å²) in [6.45, 7) is 6.79. The summed E-state index contributed by atoms with van der Waals surface area (Å²) in [5, 5.41) is 1.06. The number of hydrogen-bond acceptors (Lipinski definition) is 4. The molecule has 1 aliphatic heterocycles. The molecule has 0 amide bonds. The number of anilines is 1. The van der Waals surface area contributed by atoms with Gasteiger partial charge in [-0.15, -0.1) is 0 Å². The van der Waals surface area contributed by atoms with Gasteiger partial charge in [-0.25, -0.2) is 4.98 Å². The van der Waals surface area contributed by atoms with E-state index in [1.54, 1.807) is 6.33 Å². The monoisotopic (exact) mass is 289 g/mol. The van der Waals surface area contributed by atoms with E-state index in [9.17, 15) is 0 Å². The molecule has 1 aromatic heterocycles. The third-order valence-electron chi connectivity index (χ3n) is 2.73. The molecular weight excluding hydrogens is 274 g/mol. The fourth-order valence-corrected chi connectivity index (χ4v) is 3.76. The minimum absolute atomic E-state index is 0.344. The van der Waals surface area contributed by atoms with Crippen molar-refractivity contribution in [2.24, 2.45) is 5.41 Å². The second-order valence-electron chi connectivity index (χ2n) is 4.90. The summed E-state index contributed by atoms with van der Waals surface area (Å²) in [7, 11) is 0. The Morgan fingerprint density at radius 2 is 2.40 bits per heavy atom. The second-order valence-corrected chi connectivity index (χ2v) is 6.95. The number of alkyl halides is 1. The maximum Gasteiger partial charge on any atom is 0.204 e. The van der Waals surface area contributed by atoms with E-state index in [-0.39, 0.29) is 0 Å². The van der Waals surface area contributed by atoms with Gasteiger partial charge in [0.15, 0.2) is 0 Å². The van der Waals surface area contributed by atoms with Gasteiger partial charge in [0.25, 0.3) is 0 Å². The Kier molecular flexibility index (Phi) is 3.30. The van der Waals surface area contributed by atoms with E-state index in [1.165, 1.54) is 24.4 Å². The second kappa shape index (κ2) is 4.37. The average Bonchev–Trinajstić information content (AvgIpc) is 2.59. The van der Waals surface area contributed by atoms with E-state index in [2.05, 4.69) is 44.0 Å². The van der Waals surface area contributed by atoms with Crippen molar-refractivity contribution in [2.75, 3.05) is 18.0 Å². The van der Waals surface area contributed by atoms with Crippen LogP contribution in [0.3, 0.4) is 0 Å². The van der Waals surface area contributed by atoms with Crippen LogP contribution >= 0.6 is 27.5 Å². The van der Waals surface area contributed by atoms with Crippen LogP contribution < -0.4 is 4.90 Å². The molecule has 1 saturated heterocycles. The van der Waals surface area contributed by atoms with Crippen LogP contribution in [0.4, 0.5) is 5.13 Å². The molecule has 1 aliphatic rings. The van der Waals surface area contributed by atoms with Crippen LogP contribution in [-0.2, 0) is 0 Å². The topological polar surface area (TPSA) is 29.0 Å². The van der Waals surface area contributed by atoms with Crippen molar-refractivity contribution >= 4 is 32.6 Å². The number of rotatable bonds is 1. The molecule has 0 N–H and O–H groups in total. The molecule has 1 aromatic rings. The van der Waals surface area contributed by atoms with Crippen LogP contribution in [0.15, 0.2) is 6.33 Å². The molecule has 0 radical (unpaired) electrons. The summed E-state index contributed by atoms with van der Waals surface area (Å²) in [5.41, 5.74) is 0.344. The predicted molar refractivity (Wildman–Crippen MR) is 67.9 cm³/mol. The molecule has 84 valence electrons. The van der Waals surface area contributed by atoms with E-state index < -0.39 is 0 Å². The smallest absolute Gasteiger partial charge is 0.204 e. The minimum atomic E-state index is 0.344. The Hall–Kier alpha value is -0.160. The molecule has 0 aromatic carbocycles. The SMILES string of the molecule is CC1(C)CC(Br)CCN(c2ncns2)C1. The van der Waals surface area contributed by atoms with Crippen LogP contribution in [0.5, 0.6) is 0 Å². The summed E-state index contributed by atoms with van der Waals surface area (Å²) < 4.78 is 4.07. The standard InChI is InChI=1S/C10H16BrN3S/c1-10(2)5-8(11)3-4-14(6-10)9-12-7-13-15-9/h7-8H,3-6H2,1-2H3. The first-order valence-electron chi connectivity index (χ1n) is 5.22. The quantitative estimate of drug-likeness (QED) is 0.745. The number of aromatic nitrogens is 2. The highest BCUT2D eigenvalue weighted by molar-refractivity contribution is 9.09. The van der Waals surface area contributed by atoms with Gasteiger partial charge in [0.1, 0.15) is 6.33 Å². The van der Waals surface area contributed by atoms with Crippen molar-refractivity contribution in [2.45, 2.75) is 31.5 Å². The fraction of sp³-hybridized carbons (Fsp3) is 0.800. The van der Waals surface area contributed by atoms with Gasteiger partial charge >= 0.3 is 0 Å². The Morgan fingerprint density at radius 3 is 3.07 bits per heavy atom. The molecule has 0 bridgehead atoms. The first-order valence-corrected chi connectivity index (χ1v) is 6.91. The van der Waals surface area contributed by atoms with Crippen LogP contribution in [0.25, 0.3) is 0 Å². The Morgan fingerprint density at radius 1 is 1.60 bits per heavy atom. The molecule has 0 aliphatic carbocycles. The van der Waals surface area contributed by atoms with Crippen molar-refractivity contribution in [1.82, 2.24) is 9.36 Å². The average molecular weight is 290 g/mol. The molecular formula is C10H16BrN3S. The zero-order valence-electron chi connectivity index (χ0n) is 9.11. The molecule has 2 heterocycles. The molecule has 2 rings (SSSR count). The van der Waals surface area contributed by atoms with Gasteiger partial charge in [0.05, 0.1) is 0 Å². The highest BCUT2D eigenvalue weighted by Gasteiger charge is 2.29. The maximum absolute atomic E-state index is 4.29. The van der Waals surface area contributed by atoms with Gasteiger partial charge < -0.3 is 4.90 Å². The van der Waals surface area contributed by atoms with Gasteiger partial charge in [0.2, 0.25) is 5.13 Å². The van der Waals surface area contributed by atoms with E-state index in [0.29, 0.717) is 10.2 Å². The predicted octanol–water partition coefficient (Wildman–Crippen LogP) is 2.93. The van der Waals surface area contributed by atoms with Crippen molar-refractivity contribution in [3.05, 3.63) is 6.33 Å². The lowest BCUT2D eigenvalue weighted by Crippen LogP contribution is -2.32. The Bertz CT molecular complexity index is 312. The molecule has 0 saturated carbocycles. The van der Waals surface area contributed by atoms with Crippen molar-refractivity contribution < 1.29 is 0 Å². The van der Waals surface area contributed by atoms with E-state index in [1.807, 2.05) is 0 Å². The van der Waals surface area contributed by atoms with Crippen LogP contribution in [0, 0.1) is 5.41 Å². The van der Waals surface area contributed by atoms with Gasteiger partial charge in [-0.05, 0) is 18.3 Å². The maximum atomic E-state index is 4.29. The van der Waals surface area contributed by atoms with Gasteiger partial charge in [-0.3, -0.25) is 0 Å². The highest BCUT2D eigenvalue weighted by atomic mass is 79.9. The highest BCUT2D eigenvalue weighted by Crippen LogP contribution is 2.33. The van der Waals surface area contributed by atoms with Crippen LogP contribution in [0.2, 0.25) is 0 Å². The lowest BCUT2D eigenvalue weighted by molar-refractivity contribution is 0.355. The largest absolute Gasteiger partial charge is 0.346 e. The van der Waals surface area contributed by atoms with Crippen molar-refractivity contribution in [3.8, 4) is 0 Å². The molecule has 5 heteroatoms. The molecule has 15 heavy (non-hydrogen) atoms. The van der Waals surface area contributed by atoms with Gasteiger partial charge in [0, 0.05) is 29.4 Å². The minimum Gasteiger partial charge on any atom is -0.346 e. The van der Waals surface area contributed by atoms with Crippen molar-refractivity contribution in [1.29, 1.82) is 0 Å². The molecule has 0 spiro atoms. The summed E-state index contributed by atoms with van der Waals surface area (Å²) in [4.78, 5) is 7.28. The lowest BCUT2D eigenvalue weighted by atomic mass is 9.88. The normalized spacial score (nSPS) is 26.3. The number of halogens is 1. The zero-order chi connectivity index (χ0) is 10.9. The summed E-state index contributed by atoms with van der Waals surface area (Å²) in [6.07, 6.45) is 4.05. The van der Waals surface area contributed by atoms with Crippen LogP contribution in [-0.4, -0.2) is 27.3 Å². The molecule has 3 nitrogen and oxygen atoms in total. The van der Waals surface area contributed by atoms with Gasteiger partial charge in [-0.1, -0.05) is 29.8 Å². The summed E-state index contributed by atoms with van der Waals surface area (Å²) in [6, 6.07) is 0. The molecule has 1 atom stereocenters. The number of nitrogens with zero attached hydrogens (tertiary/aromatic N) is 3. The van der Waals surface area contributed by atoms with Crippen LogP contribution in [0.1, 0.15) is 26.7 Å². The Balaban J connectivity index is 2.14. The van der Waals surface area contributed by atoms with E-state index >= 15 is 0 Å². The van der Waals surface area contributed by atoms with E-state index in [4.69, 9.17) is 0 Å². The lowest BCUT2D eigenvalue weighted by Gasteiger charge is -2.29. The number of hydrogen-bond donors (Lipinski definition) is 0. The first kappa shape index (κ1) is 11.3. The molecule has 1 unspecified atom stereocenters. The third kappa shape index (κ3) is 2.91.